The second kappa shape index (κ2) is 4.30. The van der Waals surface area contributed by atoms with Gasteiger partial charge in [-0.3, -0.25) is 0 Å². The molecule has 2 heterocycles. The molecule has 1 N–H and O–H groups in total. The van der Waals surface area contributed by atoms with E-state index in [2.05, 4.69) is 40.1 Å². The van der Waals surface area contributed by atoms with Crippen LogP contribution in [0.5, 0.6) is 0 Å². The van der Waals surface area contributed by atoms with Crippen LogP contribution >= 0.6 is 0 Å². The molecular formula is C14H29N2+. The van der Waals surface area contributed by atoms with Crippen LogP contribution in [-0.2, 0) is 0 Å². The lowest BCUT2D eigenvalue weighted by molar-refractivity contribution is -0.967. The Kier molecular flexibility index (Phi) is 3.33. The Morgan fingerprint density at radius 1 is 1.00 bits per heavy atom. The molecule has 0 spiro atoms. The summed E-state index contributed by atoms with van der Waals surface area (Å²) in [6, 6.07) is 4.03. The van der Waals surface area contributed by atoms with Crippen molar-refractivity contribution in [1.82, 2.24) is 5.32 Å². The third kappa shape index (κ3) is 1.91. The van der Waals surface area contributed by atoms with Gasteiger partial charge in [0.15, 0.2) is 0 Å². The molecule has 2 unspecified atom stereocenters. The minimum absolute atomic E-state index is 0.639. The number of fused-ring (bicyclic) bond motifs is 2. The minimum atomic E-state index is 0.639. The third-order valence-corrected chi connectivity index (χ3v) is 5.20. The largest absolute Gasteiger partial charge is 0.319 e. The topological polar surface area (TPSA) is 12.0 Å². The monoisotopic (exact) mass is 225 g/mol. The predicted molar refractivity (Wildman–Crippen MR) is 69.4 cm³/mol. The maximum atomic E-state index is 3.75. The van der Waals surface area contributed by atoms with Crippen LogP contribution < -0.4 is 5.32 Å². The SMILES string of the molecule is CC(C)NC1C[C@H]2CC[C@@H](C1)[N+]2(C)C(C)C. The molecule has 0 aromatic rings. The van der Waals surface area contributed by atoms with E-state index in [1.54, 1.807) is 0 Å². The van der Waals surface area contributed by atoms with Gasteiger partial charge in [-0.05, 0) is 13.8 Å². The van der Waals surface area contributed by atoms with Gasteiger partial charge < -0.3 is 9.80 Å². The zero-order chi connectivity index (χ0) is 11.9. The summed E-state index contributed by atoms with van der Waals surface area (Å²) in [5.41, 5.74) is 0. The fourth-order valence-electron chi connectivity index (χ4n) is 4.13. The zero-order valence-electron chi connectivity index (χ0n) is 11.7. The molecule has 2 bridgehead atoms. The molecule has 0 aliphatic carbocycles. The van der Waals surface area contributed by atoms with E-state index in [9.17, 15) is 0 Å². The molecule has 0 amide bonds. The second-order valence-electron chi connectivity index (χ2n) is 6.69. The molecule has 2 fully saturated rings. The van der Waals surface area contributed by atoms with Crippen LogP contribution in [0.2, 0.25) is 0 Å². The van der Waals surface area contributed by atoms with E-state index >= 15 is 0 Å². The summed E-state index contributed by atoms with van der Waals surface area (Å²) in [4.78, 5) is 0. The molecule has 0 radical (unpaired) electrons. The number of piperidine rings is 1. The molecule has 2 aliphatic heterocycles. The molecule has 0 aromatic heterocycles. The Labute approximate surface area is 101 Å². The quantitative estimate of drug-likeness (QED) is 0.728. The van der Waals surface area contributed by atoms with E-state index in [1.807, 2.05) is 0 Å². The van der Waals surface area contributed by atoms with Crippen molar-refractivity contribution in [3.8, 4) is 0 Å². The minimum Gasteiger partial charge on any atom is -0.319 e. The third-order valence-electron chi connectivity index (χ3n) is 5.20. The first-order chi connectivity index (χ1) is 7.44. The molecule has 0 saturated carbocycles. The highest BCUT2D eigenvalue weighted by molar-refractivity contribution is 4.90. The van der Waals surface area contributed by atoms with E-state index in [0.29, 0.717) is 6.04 Å². The standard InChI is InChI=1S/C14H29N2/c1-10(2)15-12-8-13-6-7-14(9-12)16(13,5)11(3)4/h10-15H,6-9H2,1-5H3/q+1/t12?,13-,14+,16?. The lowest BCUT2D eigenvalue weighted by atomic mass is 9.92. The average molecular weight is 225 g/mol. The molecular weight excluding hydrogens is 196 g/mol. The Morgan fingerprint density at radius 3 is 1.88 bits per heavy atom. The van der Waals surface area contributed by atoms with Crippen LogP contribution in [0.4, 0.5) is 0 Å². The lowest BCUT2D eigenvalue weighted by Crippen LogP contribution is -2.63. The van der Waals surface area contributed by atoms with Crippen LogP contribution in [0.1, 0.15) is 53.4 Å². The van der Waals surface area contributed by atoms with Gasteiger partial charge in [-0.15, -0.1) is 0 Å². The molecule has 2 heteroatoms. The molecule has 2 aliphatic rings. The van der Waals surface area contributed by atoms with E-state index in [0.717, 1.165) is 24.2 Å². The van der Waals surface area contributed by atoms with Crippen molar-refractivity contribution < 1.29 is 4.48 Å². The van der Waals surface area contributed by atoms with Gasteiger partial charge in [0, 0.05) is 37.8 Å². The highest BCUT2D eigenvalue weighted by Gasteiger charge is 2.52. The van der Waals surface area contributed by atoms with Gasteiger partial charge in [0.05, 0.1) is 25.2 Å². The molecule has 2 rings (SSSR count). The molecule has 94 valence electrons. The summed E-state index contributed by atoms with van der Waals surface area (Å²) in [5, 5.41) is 3.75. The van der Waals surface area contributed by atoms with Gasteiger partial charge in [-0.2, -0.15) is 0 Å². The number of nitrogens with zero attached hydrogens (tertiary/aromatic N) is 1. The normalized spacial score (nSPS) is 43.3. The Bertz CT molecular complexity index is 233. The van der Waals surface area contributed by atoms with Crippen LogP contribution in [0.15, 0.2) is 0 Å². The van der Waals surface area contributed by atoms with Crippen molar-refractivity contribution in [2.45, 2.75) is 83.6 Å². The highest BCUT2D eigenvalue weighted by atomic mass is 15.4. The van der Waals surface area contributed by atoms with Gasteiger partial charge in [-0.25, -0.2) is 0 Å². The smallest absolute Gasteiger partial charge is 0.0909 e. The van der Waals surface area contributed by atoms with Crippen LogP contribution in [0.3, 0.4) is 0 Å². The van der Waals surface area contributed by atoms with E-state index in [1.165, 1.54) is 30.2 Å². The van der Waals surface area contributed by atoms with Gasteiger partial charge in [0.1, 0.15) is 0 Å². The van der Waals surface area contributed by atoms with Crippen molar-refractivity contribution in [3.63, 3.8) is 0 Å². The first-order valence-electron chi connectivity index (χ1n) is 7.06. The fraction of sp³-hybridized carbons (Fsp3) is 1.00. The fourth-order valence-corrected chi connectivity index (χ4v) is 4.13. The summed E-state index contributed by atoms with van der Waals surface area (Å²) in [5.74, 6) is 0. The predicted octanol–water partition coefficient (Wildman–Crippen LogP) is 2.53. The van der Waals surface area contributed by atoms with E-state index in [-0.39, 0.29) is 0 Å². The van der Waals surface area contributed by atoms with E-state index < -0.39 is 0 Å². The molecule has 2 nitrogen and oxygen atoms in total. The van der Waals surface area contributed by atoms with Gasteiger partial charge in [0.25, 0.3) is 0 Å². The van der Waals surface area contributed by atoms with Crippen molar-refractivity contribution in [3.05, 3.63) is 0 Å². The van der Waals surface area contributed by atoms with Crippen molar-refractivity contribution in [1.29, 1.82) is 0 Å². The molecule has 4 atom stereocenters. The van der Waals surface area contributed by atoms with Crippen molar-refractivity contribution in [2.24, 2.45) is 0 Å². The number of quaternary nitrogens is 1. The van der Waals surface area contributed by atoms with Crippen molar-refractivity contribution in [2.75, 3.05) is 7.05 Å². The average Bonchev–Trinajstić information content (AvgIpc) is 2.38. The second-order valence-corrected chi connectivity index (χ2v) is 6.69. The van der Waals surface area contributed by atoms with Gasteiger partial charge in [0.2, 0.25) is 0 Å². The maximum absolute atomic E-state index is 3.75. The molecule has 0 aromatic carbocycles. The first-order valence-corrected chi connectivity index (χ1v) is 7.06. The lowest BCUT2D eigenvalue weighted by Gasteiger charge is -2.50. The summed E-state index contributed by atoms with van der Waals surface area (Å²) < 4.78 is 1.34. The number of rotatable bonds is 3. The summed E-state index contributed by atoms with van der Waals surface area (Å²) in [7, 11) is 2.50. The summed E-state index contributed by atoms with van der Waals surface area (Å²) in [6.45, 7) is 9.35. The number of hydrogen-bond donors (Lipinski definition) is 1. The van der Waals surface area contributed by atoms with Crippen LogP contribution in [0.25, 0.3) is 0 Å². The number of nitrogens with one attached hydrogen (secondary N) is 1. The summed E-state index contributed by atoms with van der Waals surface area (Å²) in [6.07, 6.45) is 5.69. The van der Waals surface area contributed by atoms with Gasteiger partial charge in [-0.1, -0.05) is 13.8 Å². The maximum Gasteiger partial charge on any atom is 0.0909 e. The van der Waals surface area contributed by atoms with Crippen molar-refractivity contribution >= 4 is 0 Å². The Hall–Kier alpha value is -0.0800. The summed E-state index contributed by atoms with van der Waals surface area (Å²) >= 11 is 0. The Balaban J connectivity index is 2.06. The van der Waals surface area contributed by atoms with Crippen LogP contribution in [0, 0.1) is 0 Å². The molecule has 2 saturated heterocycles. The zero-order valence-corrected chi connectivity index (χ0v) is 11.7. The molecule has 16 heavy (non-hydrogen) atoms. The Morgan fingerprint density at radius 2 is 1.50 bits per heavy atom. The van der Waals surface area contributed by atoms with E-state index in [4.69, 9.17) is 0 Å². The first kappa shape index (κ1) is 12.4. The number of hydrogen-bond acceptors (Lipinski definition) is 1. The van der Waals surface area contributed by atoms with Crippen LogP contribution in [-0.4, -0.2) is 41.7 Å². The van der Waals surface area contributed by atoms with Gasteiger partial charge >= 0.3 is 0 Å². The highest BCUT2D eigenvalue weighted by Crippen LogP contribution is 2.43.